The number of carboxylic acid groups (broad SMARTS) is 1. The Morgan fingerprint density at radius 1 is 1.17 bits per heavy atom. The predicted molar refractivity (Wildman–Crippen MR) is 178 cm³/mol. The van der Waals surface area contributed by atoms with Gasteiger partial charge in [-0.15, -0.1) is 11.3 Å². The van der Waals surface area contributed by atoms with Crippen molar-refractivity contribution in [2.45, 2.75) is 45.7 Å². The van der Waals surface area contributed by atoms with Crippen LogP contribution in [0.4, 0.5) is 23.8 Å². The number of alkyl halides is 3. The van der Waals surface area contributed by atoms with Crippen molar-refractivity contribution in [2.75, 3.05) is 51.1 Å². The monoisotopic (exact) mass is 686 g/mol. The Hall–Kier alpha value is -4.41. The third-order valence-corrected chi connectivity index (χ3v) is 9.37. The van der Waals surface area contributed by atoms with Gasteiger partial charge in [0.05, 0.1) is 22.8 Å². The second-order valence-electron chi connectivity index (χ2n) is 11.4. The number of hydrogen-bond donors (Lipinski definition) is 4. The van der Waals surface area contributed by atoms with Crippen LogP contribution in [0.25, 0.3) is 32.7 Å². The molecule has 0 aliphatic carbocycles. The van der Waals surface area contributed by atoms with Crippen molar-refractivity contribution in [1.82, 2.24) is 35.1 Å². The molecule has 0 bridgehead atoms. The lowest BCUT2D eigenvalue weighted by atomic mass is 9.84. The van der Waals surface area contributed by atoms with Crippen molar-refractivity contribution in [1.29, 1.82) is 0 Å². The Morgan fingerprint density at radius 2 is 1.94 bits per heavy atom. The van der Waals surface area contributed by atoms with Gasteiger partial charge < -0.3 is 25.2 Å². The number of likely N-dealkylation sites (tertiary alicyclic amines) is 1. The smallest absolute Gasteiger partial charge is 0.434 e. The Morgan fingerprint density at radius 3 is 2.60 bits per heavy atom. The number of likely N-dealkylation sites (N-methyl/N-ethyl adjacent to an activating group) is 1. The molecule has 4 N–H and O–H groups in total. The van der Waals surface area contributed by atoms with Crippen LogP contribution < -0.4 is 16.1 Å². The lowest BCUT2D eigenvalue weighted by molar-refractivity contribution is -0.140. The summed E-state index contributed by atoms with van der Waals surface area (Å²) < 4.78 is 41.0. The van der Waals surface area contributed by atoms with Crippen LogP contribution in [0.1, 0.15) is 61.1 Å². The third kappa shape index (κ3) is 7.50. The van der Waals surface area contributed by atoms with E-state index in [2.05, 4.69) is 49.2 Å². The minimum atomic E-state index is -4.69. The number of urea groups is 1. The van der Waals surface area contributed by atoms with Gasteiger partial charge in [0.1, 0.15) is 16.4 Å². The number of rotatable bonds is 11. The van der Waals surface area contributed by atoms with Gasteiger partial charge in [0, 0.05) is 55.1 Å². The largest absolute Gasteiger partial charge is 0.477 e. The number of aromatic nitrogens is 4. The van der Waals surface area contributed by atoms with Crippen LogP contribution in [-0.4, -0.2) is 92.7 Å². The zero-order chi connectivity index (χ0) is 34.6. The molecule has 0 saturated carbocycles. The van der Waals surface area contributed by atoms with Gasteiger partial charge in [0.25, 0.3) is 0 Å². The second-order valence-corrected chi connectivity index (χ2v) is 12.3. The van der Waals surface area contributed by atoms with Crippen molar-refractivity contribution in [2.24, 2.45) is 0 Å². The number of amides is 2. The fourth-order valence-corrected chi connectivity index (χ4v) is 6.91. The highest BCUT2D eigenvalue weighted by Gasteiger charge is 2.35. The van der Waals surface area contributed by atoms with Crippen LogP contribution >= 0.6 is 11.3 Å². The van der Waals surface area contributed by atoms with Gasteiger partial charge >= 0.3 is 18.2 Å². The van der Waals surface area contributed by atoms with E-state index < -0.39 is 34.9 Å². The Bertz CT molecular complexity index is 1860. The summed E-state index contributed by atoms with van der Waals surface area (Å²) in [7, 11) is 0. The van der Waals surface area contributed by atoms with Crippen molar-refractivity contribution in [3.05, 3.63) is 57.1 Å². The van der Waals surface area contributed by atoms with Gasteiger partial charge in [-0.25, -0.2) is 19.6 Å². The number of halogens is 3. The lowest BCUT2D eigenvalue weighted by Crippen LogP contribution is -2.40. The molecule has 1 atom stereocenters. The molecule has 0 radical (unpaired) electrons. The molecule has 256 valence electrons. The van der Waals surface area contributed by atoms with E-state index in [1.807, 2.05) is 0 Å². The molecule has 16 heteroatoms. The number of H-pyrrole nitrogens is 1. The molecule has 1 aliphatic heterocycles. The van der Waals surface area contributed by atoms with E-state index in [4.69, 9.17) is 4.98 Å². The average Bonchev–Trinajstić information content (AvgIpc) is 3.57. The summed E-state index contributed by atoms with van der Waals surface area (Å²) in [6.45, 7) is 11.1. The van der Waals surface area contributed by atoms with E-state index in [0.717, 1.165) is 62.1 Å². The lowest BCUT2D eigenvalue weighted by Gasteiger charge is -2.35. The van der Waals surface area contributed by atoms with E-state index >= 15 is 0 Å². The first kappa shape index (κ1) is 34.9. The van der Waals surface area contributed by atoms with Gasteiger partial charge in [-0.3, -0.25) is 15.1 Å². The minimum absolute atomic E-state index is 0.00390. The SMILES string of the molecule is CCNC(=O)Nc1cc(-c2nc(C(F)(F)F)cs2)c(-c2ncc3[nH]cc(C(=O)O)c(=O)c3c2C2CCCN(CCN(CC)CC)C2)cn1. The van der Waals surface area contributed by atoms with Gasteiger partial charge in [0.2, 0.25) is 5.43 Å². The minimum Gasteiger partial charge on any atom is -0.477 e. The molecule has 0 aromatic carbocycles. The average molecular weight is 687 g/mol. The molecule has 1 aliphatic rings. The van der Waals surface area contributed by atoms with Gasteiger partial charge in [-0.05, 0) is 56.9 Å². The summed E-state index contributed by atoms with van der Waals surface area (Å²) in [5, 5.41) is 16.1. The molecular weight excluding hydrogens is 649 g/mol. The van der Waals surface area contributed by atoms with Gasteiger partial charge in [0.15, 0.2) is 5.69 Å². The number of thiazole rings is 1. The quantitative estimate of drug-likeness (QED) is 0.160. The first-order chi connectivity index (χ1) is 22.9. The number of carbonyl (C=O) groups excluding carboxylic acids is 1. The summed E-state index contributed by atoms with van der Waals surface area (Å²) in [5.74, 6) is -1.59. The van der Waals surface area contributed by atoms with Crippen LogP contribution in [-0.2, 0) is 6.18 Å². The van der Waals surface area contributed by atoms with E-state index in [-0.39, 0.29) is 39.0 Å². The molecule has 12 nitrogen and oxygen atoms in total. The number of hydrogen-bond acceptors (Lipinski definition) is 9. The van der Waals surface area contributed by atoms with E-state index in [0.29, 0.717) is 30.6 Å². The van der Waals surface area contributed by atoms with Crippen LogP contribution in [0, 0.1) is 0 Å². The Balaban J connectivity index is 1.72. The zero-order valence-electron chi connectivity index (χ0n) is 26.8. The number of nitrogens with zero attached hydrogens (tertiary/aromatic N) is 5. The van der Waals surface area contributed by atoms with Crippen molar-refractivity contribution in [3.8, 4) is 21.8 Å². The molecule has 1 fully saturated rings. The maximum atomic E-state index is 13.8. The second kappa shape index (κ2) is 14.8. The predicted octanol–water partition coefficient (Wildman–Crippen LogP) is 5.49. The van der Waals surface area contributed by atoms with Crippen LogP contribution in [0.2, 0.25) is 0 Å². The van der Waals surface area contributed by atoms with Crippen molar-refractivity contribution >= 4 is 40.1 Å². The highest BCUT2D eigenvalue weighted by atomic mass is 32.1. The maximum Gasteiger partial charge on any atom is 0.434 e. The fourth-order valence-electron chi connectivity index (χ4n) is 6.06. The molecular formula is C32H37F3N8O4S. The summed E-state index contributed by atoms with van der Waals surface area (Å²) in [5.41, 5.74) is -0.596. The first-order valence-electron chi connectivity index (χ1n) is 15.8. The first-order valence-corrected chi connectivity index (χ1v) is 16.6. The number of anilines is 1. The molecule has 1 unspecified atom stereocenters. The molecule has 4 aromatic rings. The van der Waals surface area contributed by atoms with E-state index in [1.165, 1.54) is 18.5 Å². The number of carboxylic acids is 1. The van der Waals surface area contributed by atoms with Crippen molar-refractivity contribution in [3.63, 3.8) is 0 Å². The van der Waals surface area contributed by atoms with Crippen LogP contribution in [0.15, 0.2) is 34.8 Å². The van der Waals surface area contributed by atoms with E-state index in [9.17, 15) is 32.7 Å². The van der Waals surface area contributed by atoms with E-state index in [1.54, 1.807) is 6.92 Å². The van der Waals surface area contributed by atoms with Crippen LogP contribution in [0.3, 0.4) is 0 Å². The van der Waals surface area contributed by atoms with Gasteiger partial charge in [-0.2, -0.15) is 13.2 Å². The molecule has 5 rings (SSSR count). The number of fused-ring (bicyclic) bond motifs is 1. The summed E-state index contributed by atoms with van der Waals surface area (Å²) in [6.07, 6.45) is 0.722. The topological polar surface area (TPSA) is 156 Å². The molecule has 4 aromatic heterocycles. The molecule has 5 heterocycles. The molecule has 1 saturated heterocycles. The number of nitrogens with one attached hydrogen (secondary N) is 3. The van der Waals surface area contributed by atoms with Crippen LogP contribution in [0.5, 0.6) is 0 Å². The standard InChI is InChI=1S/C32H37F3N8O4S/c1-4-36-31(47)41-24-12-19(29-40-23(17-48-29)32(33,34)35)20(13-38-24)27-25(18-8-7-9-43(16-18)11-10-42(5-2)6-3)26-22(15-39-27)37-14-21(28(26)44)30(45)46/h12-15,17-18H,4-11,16H2,1-3H3,(H,37,44)(H,45,46)(H2,36,38,41,47). The zero-order valence-corrected chi connectivity index (χ0v) is 27.6. The van der Waals surface area contributed by atoms with Gasteiger partial charge in [-0.1, -0.05) is 13.8 Å². The molecule has 2 amide bonds. The number of pyridine rings is 3. The Labute approximate surface area is 278 Å². The van der Waals surface area contributed by atoms with Crippen molar-refractivity contribution < 1.29 is 27.9 Å². The third-order valence-electron chi connectivity index (χ3n) is 8.49. The Kier molecular flexibility index (Phi) is 10.8. The number of aromatic carboxylic acids is 1. The highest BCUT2D eigenvalue weighted by Crippen LogP contribution is 2.42. The maximum absolute atomic E-state index is 13.8. The number of carbonyl (C=O) groups is 2. The molecule has 0 spiro atoms. The number of piperidine rings is 1. The number of aromatic amines is 1. The summed E-state index contributed by atoms with van der Waals surface area (Å²) in [6, 6.07) is 0.872. The summed E-state index contributed by atoms with van der Waals surface area (Å²) >= 11 is 0.771. The molecule has 48 heavy (non-hydrogen) atoms. The summed E-state index contributed by atoms with van der Waals surface area (Å²) in [4.78, 5) is 58.7. The fraction of sp³-hybridized carbons (Fsp3) is 0.438. The normalized spacial score (nSPS) is 15.6. The highest BCUT2D eigenvalue weighted by molar-refractivity contribution is 7.13.